The van der Waals surface area contributed by atoms with Crippen LogP contribution in [0.3, 0.4) is 0 Å². The molecule has 3 nitrogen and oxygen atoms in total. The molecule has 3 rings (SSSR count). The predicted molar refractivity (Wildman–Crippen MR) is 106 cm³/mol. The van der Waals surface area contributed by atoms with Crippen molar-refractivity contribution in [2.75, 3.05) is 0 Å². The van der Waals surface area contributed by atoms with Crippen LogP contribution in [0.1, 0.15) is 50.4 Å². The van der Waals surface area contributed by atoms with Crippen LogP contribution in [0.5, 0.6) is 0 Å². The minimum absolute atomic E-state index is 0.0498. The Kier molecular flexibility index (Phi) is 5.17. The lowest BCUT2D eigenvalue weighted by Gasteiger charge is -2.38. The molecule has 0 unspecified atom stereocenters. The van der Waals surface area contributed by atoms with Crippen molar-refractivity contribution in [3.05, 3.63) is 77.4 Å². The first kappa shape index (κ1) is 18.2. The molecule has 0 spiro atoms. The molecule has 136 valence electrons. The monoisotopic (exact) mass is 349 g/mol. The van der Waals surface area contributed by atoms with Gasteiger partial charge in [-0.2, -0.15) is 0 Å². The van der Waals surface area contributed by atoms with Crippen LogP contribution >= 0.6 is 0 Å². The Balaban J connectivity index is 1.99. The molecule has 0 saturated carbocycles. The van der Waals surface area contributed by atoms with E-state index >= 15 is 0 Å². The summed E-state index contributed by atoms with van der Waals surface area (Å²) >= 11 is 0. The van der Waals surface area contributed by atoms with Gasteiger partial charge in [0.2, 0.25) is 0 Å². The van der Waals surface area contributed by atoms with E-state index in [2.05, 4.69) is 31.2 Å². The van der Waals surface area contributed by atoms with Crippen molar-refractivity contribution >= 4 is 12.2 Å². The predicted octanol–water partition coefficient (Wildman–Crippen LogP) is 5.83. The van der Waals surface area contributed by atoms with Gasteiger partial charge >= 0.3 is 6.09 Å². The third-order valence-electron chi connectivity index (χ3n) is 4.55. The second-order valence-electron chi connectivity index (χ2n) is 7.89. The van der Waals surface area contributed by atoms with Gasteiger partial charge in [0.25, 0.3) is 0 Å². The Morgan fingerprint density at radius 2 is 1.69 bits per heavy atom. The van der Waals surface area contributed by atoms with Crippen molar-refractivity contribution in [2.24, 2.45) is 5.92 Å². The van der Waals surface area contributed by atoms with Gasteiger partial charge < -0.3 is 4.74 Å². The molecule has 0 N–H and O–H groups in total. The molecule has 0 heterocycles. The van der Waals surface area contributed by atoms with Crippen LogP contribution < -0.4 is 0 Å². The molecule has 2 aromatic rings. The molecule has 0 saturated heterocycles. The average Bonchev–Trinajstić information content (AvgIpc) is 2.59. The molecule has 1 aliphatic carbocycles. The number of amides is 1. The third kappa shape index (κ3) is 4.16. The van der Waals surface area contributed by atoms with Crippen molar-refractivity contribution in [2.45, 2.75) is 45.9 Å². The van der Waals surface area contributed by atoms with E-state index in [1.165, 1.54) is 5.56 Å². The summed E-state index contributed by atoms with van der Waals surface area (Å²) in [7, 11) is 0. The van der Waals surface area contributed by atoms with Gasteiger partial charge in [-0.1, -0.05) is 73.7 Å². The van der Waals surface area contributed by atoms with E-state index < -0.39 is 5.60 Å². The highest BCUT2D eigenvalue weighted by Crippen LogP contribution is 2.38. The van der Waals surface area contributed by atoms with Crippen LogP contribution in [0.4, 0.5) is 4.79 Å². The van der Waals surface area contributed by atoms with Gasteiger partial charge in [-0.25, -0.2) is 4.79 Å². The van der Waals surface area contributed by atoms with Crippen LogP contribution in [-0.2, 0) is 11.3 Å². The minimum atomic E-state index is -0.528. The van der Waals surface area contributed by atoms with Crippen molar-refractivity contribution in [1.29, 1.82) is 0 Å². The number of hydrogen-bond donors (Lipinski definition) is 0. The quantitative estimate of drug-likeness (QED) is 0.698. The molecular formula is C23H27NO2. The van der Waals surface area contributed by atoms with E-state index in [4.69, 9.17) is 4.74 Å². The maximum atomic E-state index is 13.1. The molecule has 26 heavy (non-hydrogen) atoms. The van der Waals surface area contributed by atoms with Crippen molar-refractivity contribution in [3.8, 4) is 0 Å². The lowest BCUT2D eigenvalue weighted by Crippen LogP contribution is -2.41. The SMILES string of the molecule is C[C@H]1C=Cc2ccccc2[C@H]1N(Cc1ccccc1)C(=O)OC(C)(C)C. The molecule has 0 aliphatic heterocycles. The molecule has 1 amide bonds. The van der Waals surface area contributed by atoms with Crippen LogP contribution in [0, 0.1) is 5.92 Å². The van der Waals surface area contributed by atoms with Gasteiger partial charge in [0, 0.05) is 6.54 Å². The van der Waals surface area contributed by atoms with E-state index in [0.717, 1.165) is 11.1 Å². The zero-order valence-corrected chi connectivity index (χ0v) is 16.0. The first-order valence-electron chi connectivity index (χ1n) is 9.16. The van der Waals surface area contributed by atoms with Crippen LogP contribution in [0.2, 0.25) is 0 Å². The number of hydrogen-bond acceptors (Lipinski definition) is 2. The zero-order valence-electron chi connectivity index (χ0n) is 16.0. The normalized spacial score (nSPS) is 18.9. The molecular weight excluding hydrogens is 322 g/mol. The number of nitrogens with zero attached hydrogens (tertiary/aromatic N) is 1. The fourth-order valence-corrected chi connectivity index (χ4v) is 3.40. The van der Waals surface area contributed by atoms with E-state index in [1.807, 2.05) is 68.1 Å². The molecule has 1 aliphatic rings. The number of benzene rings is 2. The van der Waals surface area contributed by atoms with Gasteiger partial charge in [0.05, 0.1) is 6.04 Å². The Labute approximate surface area is 156 Å². The summed E-state index contributed by atoms with van der Waals surface area (Å²) in [4.78, 5) is 15.0. The molecule has 0 bridgehead atoms. The molecule has 0 aromatic heterocycles. The number of rotatable bonds is 3. The van der Waals surface area contributed by atoms with Crippen molar-refractivity contribution in [3.63, 3.8) is 0 Å². The molecule has 2 aromatic carbocycles. The first-order chi connectivity index (χ1) is 12.3. The molecule has 0 radical (unpaired) electrons. The van der Waals surface area contributed by atoms with Gasteiger partial charge in [0.1, 0.15) is 5.60 Å². The number of fused-ring (bicyclic) bond motifs is 1. The van der Waals surface area contributed by atoms with Gasteiger partial charge in [-0.3, -0.25) is 4.90 Å². The summed E-state index contributed by atoms with van der Waals surface area (Å²) in [6.07, 6.45) is 4.05. The first-order valence-corrected chi connectivity index (χ1v) is 9.16. The summed E-state index contributed by atoms with van der Waals surface area (Å²) < 4.78 is 5.75. The Morgan fingerprint density at radius 1 is 1.04 bits per heavy atom. The maximum absolute atomic E-state index is 13.1. The lowest BCUT2D eigenvalue weighted by atomic mass is 9.84. The number of carbonyl (C=O) groups excluding carboxylic acids is 1. The summed E-state index contributed by atoms with van der Waals surface area (Å²) in [5, 5.41) is 0. The summed E-state index contributed by atoms with van der Waals surface area (Å²) in [6, 6.07) is 18.3. The zero-order chi connectivity index (χ0) is 18.7. The van der Waals surface area contributed by atoms with Crippen molar-refractivity contribution in [1.82, 2.24) is 4.90 Å². The van der Waals surface area contributed by atoms with Crippen molar-refractivity contribution < 1.29 is 9.53 Å². The fourth-order valence-electron chi connectivity index (χ4n) is 3.40. The largest absolute Gasteiger partial charge is 0.444 e. The van der Waals surface area contributed by atoms with Crippen LogP contribution in [0.15, 0.2) is 60.7 Å². The van der Waals surface area contributed by atoms with Gasteiger partial charge in [-0.05, 0) is 43.4 Å². The second-order valence-corrected chi connectivity index (χ2v) is 7.89. The smallest absolute Gasteiger partial charge is 0.411 e. The van der Waals surface area contributed by atoms with E-state index in [0.29, 0.717) is 6.54 Å². The maximum Gasteiger partial charge on any atom is 0.411 e. The van der Waals surface area contributed by atoms with E-state index in [9.17, 15) is 4.79 Å². The standard InChI is InChI=1S/C23H27NO2/c1-17-14-15-19-12-8-9-13-20(19)21(17)24(22(25)26-23(2,3)4)16-18-10-6-5-7-11-18/h5-15,17,21H,16H2,1-4H3/t17-,21-/m0/s1. The average molecular weight is 349 g/mol. The number of ether oxygens (including phenoxy) is 1. The summed E-state index contributed by atoms with van der Waals surface area (Å²) in [6.45, 7) is 8.39. The molecule has 2 atom stereocenters. The second kappa shape index (κ2) is 7.36. The Morgan fingerprint density at radius 3 is 2.38 bits per heavy atom. The Bertz CT molecular complexity index is 789. The summed E-state index contributed by atoms with van der Waals surface area (Å²) in [5.41, 5.74) is 2.90. The molecule has 0 fully saturated rings. The minimum Gasteiger partial charge on any atom is -0.444 e. The highest BCUT2D eigenvalue weighted by Gasteiger charge is 2.34. The molecule has 3 heteroatoms. The van der Waals surface area contributed by atoms with Crippen LogP contribution in [0.25, 0.3) is 6.08 Å². The highest BCUT2D eigenvalue weighted by molar-refractivity contribution is 5.70. The van der Waals surface area contributed by atoms with Gasteiger partial charge in [-0.15, -0.1) is 0 Å². The Hall–Kier alpha value is -2.55. The van der Waals surface area contributed by atoms with E-state index in [1.54, 1.807) is 0 Å². The lowest BCUT2D eigenvalue weighted by molar-refractivity contribution is 0.00948. The topological polar surface area (TPSA) is 29.5 Å². The van der Waals surface area contributed by atoms with Gasteiger partial charge in [0.15, 0.2) is 0 Å². The third-order valence-corrected chi connectivity index (χ3v) is 4.55. The fraction of sp³-hybridized carbons (Fsp3) is 0.348. The summed E-state index contributed by atoms with van der Waals surface area (Å²) in [5.74, 6) is 0.209. The van der Waals surface area contributed by atoms with E-state index in [-0.39, 0.29) is 18.1 Å². The highest BCUT2D eigenvalue weighted by atomic mass is 16.6. The number of carbonyl (C=O) groups is 1. The van der Waals surface area contributed by atoms with Crippen LogP contribution in [-0.4, -0.2) is 16.6 Å².